The molecule has 0 heterocycles. The van der Waals surface area contributed by atoms with Crippen LogP contribution in [0, 0.1) is 40.4 Å². The lowest BCUT2D eigenvalue weighted by molar-refractivity contribution is -0.274. The minimum absolute atomic E-state index is 0.0481. The Kier molecular flexibility index (Phi) is 5.57. The van der Waals surface area contributed by atoms with Crippen LogP contribution in [0.15, 0.2) is 0 Å². The summed E-state index contributed by atoms with van der Waals surface area (Å²) < 4.78 is 0. The van der Waals surface area contributed by atoms with Crippen LogP contribution in [-0.2, 0) is 4.79 Å². The minimum atomic E-state index is -1.41. The summed E-state index contributed by atoms with van der Waals surface area (Å²) in [6.45, 7) is 4.32. The molecule has 29 heavy (non-hydrogen) atoms. The molecule has 0 aromatic carbocycles. The Hall–Kier alpha value is -0.650. The van der Waals surface area contributed by atoms with Gasteiger partial charge in [-0.3, -0.25) is 4.79 Å². The summed E-state index contributed by atoms with van der Waals surface area (Å²) in [5, 5.41) is 42.4. The van der Waals surface area contributed by atoms with Crippen LogP contribution in [-0.4, -0.2) is 44.7 Å². The predicted octanol–water partition coefficient (Wildman–Crippen LogP) is 3.59. The highest BCUT2D eigenvalue weighted by molar-refractivity contribution is 5.66. The highest BCUT2D eigenvalue weighted by Crippen LogP contribution is 2.69. The van der Waals surface area contributed by atoms with Crippen molar-refractivity contribution in [2.45, 2.75) is 96.2 Å². The zero-order valence-electron chi connectivity index (χ0n) is 18.1. The third-order valence-electron chi connectivity index (χ3n) is 10.3. The lowest BCUT2D eigenvalue weighted by Crippen LogP contribution is -2.70. The van der Waals surface area contributed by atoms with Gasteiger partial charge in [-0.2, -0.15) is 0 Å². The van der Waals surface area contributed by atoms with Crippen molar-refractivity contribution in [2.75, 3.05) is 6.61 Å². The number of aliphatic hydroxyl groups excluding tert-OH is 2. The Morgan fingerprint density at radius 2 is 1.69 bits per heavy atom. The van der Waals surface area contributed by atoms with Gasteiger partial charge in [0, 0.05) is 6.42 Å². The van der Waals surface area contributed by atoms with Gasteiger partial charge in [-0.15, -0.1) is 0 Å². The van der Waals surface area contributed by atoms with Crippen LogP contribution in [0.1, 0.15) is 84.5 Å². The molecule has 4 N–H and O–H groups in total. The van der Waals surface area contributed by atoms with Crippen molar-refractivity contribution in [2.24, 2.45) is 40.4 Å². The smallest absolute Gasteiger partial charge is 0.303 e. The van der Waals surface area contributed by atoms with Gasteiger partial charge >= 0.3 is 5.97 Å². The van der Waals surface area contributed by atoms with Gasteiger partial charge in [-0.25, -0.2) is 0 Å². The quantitative estimate of drug-likeness (QED) is 0.557. The minimum Gasteiger partial charge on any atom is -0.481 e. The molecule has 0 saturated heterocycles. The van der Waals surface area contributed by atoms with E-state index in [2.05, 4.69) is 13.8 Å². The average molecular weight is 409 g/mol. The van der Waals surface area contributed by atoms with E-state index in [-0.39, 0.29) is 35.7 Å². The monoisotopic (exact) mass is 408 g/mol. The van der Waals surface area contributed by atoms with Crippen molar-refractivity contribution >= 4 is 5.97 Å². The van der Waals surface area contributed by atoms with E-state index >= 15 is 0 Å². The van der Waals surface area contributed by atoms with E-state index in [1.165, 1.54) is 6.42 Å². The second kappa shape index (κ2) is 7.49. The normalized spacial score (nSPS) is 51.8. The molecular weight excluding hydrogens is 368 g/mol. The number of carboxylic acids is 1. The average Bonchev–Trinajstić information content (AvgIpc) is 3.02. The Morgan fingerprint density at radius 3 is 2.38 bits per heavy atom. The zero-order valence-corrected chi connectivity index (χ0v) is 18.1. The molecule has 0 aromatic rings. The standard InChI is InChI=1S/C24H40O5/c1-22-13-11-17-20(16(22)10-9-15(22)6-5-8-19(26)27)24(29,14-25)21(28)18-7-3-4-12-23(17,18)2/h15-18,20-21,25,28-29H,3-14H2,1-2H3,(H,26,27). The van der Waals surface area contributed by atoms with E-state index in [1.54, 1.807) is 0 Å². The van der Waals surface area contributed by atoms with Crippen LogP contribution in [0.5, 0.6) is 0 Å². The Morgan fingerprint density at radius 1 is 0.966 bits per heavy atom. The van der Waals surface area contributed by atoms with Crippen molar-refractivity contribution in [1.29, 1.82) is 0 Å². The Balaban J connectivity index is 1.65. The topological polar surface area (TPSA) is 98.0 Å². The number of rotatable bonds is 5. The fraction of sp³-hybridized carbons (Fsp3) is 0.958. The number of fused-ring (bicyclic) bond motifs is 5. The van der Waals surface area contributed by atoms with E-state index in [4.69, 9.17) is 5.11 Å². The van der Waals surface area contributed by atoms with Crippen LogP contribution in [0.4, 0.5) is 0 Å². The highest BCUT2D eigenvalue weighted by atomic mass is 16.4. The van der Waals surface area contributed by atoms with Crippen LogP contribution in [0.3, 0.4) is 0 Å². The summed E-state index contributed by atoms with van der Waals surface area (Å²) in [6, 6.07) is 0. The SMILES string of the molecule is CC12CCC3C(C1CCC2CCCC(=O)O)C(O)(CO)C(O)C1CCCCC13C. The third-order valence-corrected chi connectivity index (χ3v) is 10.3. The largest absolute Gasteiger partial charge is 0.481 e. The van der Waals surface area contributed by atoms with Crippen LogP contribution >= 0.6 is 0 Å². The molecule has 0 bridgehead atoms. The zero-order chi connectivity index (χ0) is 21.0. The Bertz CT molecular complexity index is 637. The summed E-state index contributed by atoms with van der Waals surface area (Å²) in [7, 11) is 0. The van der Waals surface area contributed by atoms with Crippen LogP contribution in [0.2, 0.25) is 0 Å². The van der Waals surface area contributed by atoms with E-state index in [0.29, 0.717) is 24.2 Å². The third kappa shape index (κ3) is 3.10. The van der Waals surface area contributed by atoms with Gasteiger partial charge in [0.15, 0.2) is 0 Å². The molecule has 5 heteroatoms. The fourth-order valence-electron chi connectivity index (χ4n) is 8.77. The van der Waals surface area contributed by atoms with E-state index in [1.807, 2.05) is 0 Å². The number of hydrogen-bond acceptors (Lipinski definition) is 4. The first-order valence-corrected chi connectivity index (χ1v) is 11.9. The van der Waals surface area contributed by atoms with E-state index in [0.717, 1.165) is 51.4 Å². The molecule has 4 fully saturated rings. The first-order valence-electron chi connectivity index (χ1n) is 11.9. The molecule has 4 aliphatic rings. The molecule has 9 atom stereocenters. The van der Waals surface area contributed by atoms with Crippen molar-refractivity contribution in [3.63, 3.8) is 0 Å². The van der Waals surface area contributed by atoms with Crippen molar-refractivity contribution in [3.05, 3.63) is 0 Å². The Labute approximate surface area is 174 Å². The molecule has 5 nitrogen and oxygen atoms in total. The molecule has 4 rings (SSSR count). The second-order valence-corrected chi connectivity index (χ2v) is 11.3. The predicted molar refractivity (Wildman–Crippen MR) is 110 cm³/mol. The molecule has 0 radical (unpaired) electrons. The molecule has 4 aliphatic carbocycles. The number of aliphatic hydroxyl groups is 3. The first-order chi connectivity index (χ1) is 13.7. The van der Waals surface area contributed by atoms with Crippen molar-refractivity contribution < 1.29 is 25.2 Å². The van der Waals surface area contributed by atoms with Crippen molar-refractivity contribution in [1.82, 2.24) is 0 Å². The van der Waals surface area contributed by atoms with E-state index < -0.39 is 17.7 Å². The molecule has 4 saturated carbocycles. The van der Waals surface area contributed by atoms with Gasteiger partial charge in [-0.05, 0) is 91.8 Å². The summed E-state index contributed by atoms with van der Waals surface area (Å²) in [5.74, 6) is 0.406. The summed E-state index contributed by atoms with van der Waals surface area (Å²) in [4.78, 5) is 11.0. The van der Waals surface area contributed by atoms with Gasteiger partial charge < -0.3 is 20.4 Å². The van der Waals surface area contributed by atoms with Gasteiger partial charge in [0.2, 0.25) is 0 Å². The lowest BCUT2D eigenvalue weighted by atomic mass is 9.40. The molecule has 9 unspecified atom stereocenters. The highest BCUT2D eigenvalue weighted by Gasteiger charge is 2.68. The molecule has 0 aromatic heterocycles. The fourth-order valence-corrected chi connectivity index (χ4v) is 8.77. The summed E-state index contributed by atoms with van der Waals surface area (Å²) in [6.07, 6.45) is 9.63. The van der Waals surface area contributed by atoms with Crippen molar-refractivity contribution in [3.8, 4) is 0 Å². The number of aliphatic carboxylic acids is 1. The number of hydrogen-bond donors (Lipinski definition) is 4. The summed E-state index contributed by atoms with van der Waals surface area (Å²) >= 11 is 0. The number of carbonyl (C=O) groups is 1. The first kappa shape index (κ1) is 21.6. The van der Waals surface area contributed by atoms with Crippen LogP contribution < -0.4 is 0 Å². The molecule has 166 valence electrons. The molecule has 0 aliphatic heterocycles. The molecule has 0 spiro atoms. The molecular formula is C24H40O5. The maximum Gasteiger partial charge on any atom is 0.303 e. The number of carboxylic acid groups (broad SMARTS) is 1. The molecule has 0 amide bonds. The summed E-state index contributed by atoms with van der Waals surface area (Å²) in [5.41, 5.74) is -1.29. The van der Waals surface area contributed by atoms with Gasteiger partial charge in [-0.1, -0.05) is 26.7 Å². The van der Waals surface area contributed by atoms with E-state index in [9.17, 15) is 20.1 Å². The maximum absolute atomic E-state index is 11.7. The van der Waals surface area contributed by atoms with Gasteiger partial charge in [0.05, 0.1) is 12.7 Å². The van der Waals surface area contributed by atoms with Gasteiger partial charge in [0.1, 0.15) is 5.60 Å². The van der Waals surface area contributed by atoms with Crippen LogP contribution in [0.25, 0.3) is 0 Å². The second-order valence-electron chi connectivity index (χ2n) is 11.3. The lowest BCUT2D eigenvalue weighted by Gasteiger charge is -2.66. The van der Waals surface area contributed by atoms with Gasteiger partial charge in [0.25, 0.3) is 0 Å². The maximum atomic E-state index is 11.7.